The summed E-state index contributed by atoms with van der Waals surface area (Å²) in [6, 6.07) is 12.2. The van der Waals surface area contributed by atoms with Crippen molar-refractivity contribution in [3.05, 3.63) is 63.6 Å². The van der Waals surface area contributed by atoms with E-state index in [0.717, 1.165) is 12.0 Å². The van der Waals surface area contributed by atoms with Gasteiger partial charge >= 0.3 is 0 Å². The fourth-order valence-corrected chi connectivity index (χ4v) is 2.84. The van der Waals surface area contributed by atoms with E-state index in [0.29, 0.717) is 40.4 Å². The maximum Gasteiger partial charge on any atom is 0.257 e. The Balaban J connectivity index is 1.87. The summed E-state index contributed by atoms with van der Waals surface area (Å²) in [5.74, 6) is 0.924. The number of rotatable bonds is 7. The van der Waals surface area contributed by atoms with Crippen molar-refractivity contribution in [2.45, 2.75) is 26.8 Å². The highest BCUT2D eigenvalue weighted by molar-refractivity contribution is 7.80. The lowest BCUT2D eigenvalue weighted by Crippen LogP contribution is -2.38. The minimum Gasteiger partial charge on any atom is -0.494 e. The molecule has 0 heterocycles. The number of halogens is 2. The standard InChI is InChI=1S/C20H22Cl2N2O2S/c1-13(2)8-9-26-17-5-3-4-14(10-17)19(25)24-20(27)23-12-15-6-7-16(21)11-18(15)22/h3-7,10-11,13H,8-9,12H2,1-2H3,(H2,23,24,25,27). The molecule has 0 aromatic heterocycles. The van der Waals surface area contributed by atoms with Crippen molar-refractivity contribution in [2.24, 2.45) is 5.92 Å². The van der Waals surface area contributed by atoms with Gasteiger partial charge < -0.3 is 10.1 Å². The number of thiocarbonyl (C=S) groups is 1. The molecule has 2 aromatic carbocycles. The summed E-state index contributed by atoms with van der Waals surface area (Å²) >= 11 is 17.2. The Labute approximate surface area is 175 Å². The first kappa shape index (κ1) is 21.5. The molecule has 0 fully saturated rings. The molecule has 4 nitrogen and oxygen atoms in total. The van der Waals surface area contributed by atoms with Crippen molar-refractivity contribution in [1.82, 2.24) is 10.6 Å². The molecule has 2 rings (SSSR count). The first-order valence-corrected chi connectivity index (χ1v) is 9.77. The first-order valence-electron chi connectivity index (χ1n) is 8.61. The molecule has 1 amide bonds. The molecule has 0 bridgehead atoms. The van der Waals surface area contributed by atoms with Gasteiger partial charge in [-0.15, -0.1) is 0 Å². The molecule has 0 atom stereocenters. The summed E-state index contributed by atoms with van der Waals surface area (Å²) in [5.41, 5.74) is 1.31. The molecule has 27 heavy (non-hydrogen) atoms. The fourth-order valence-electron chi connectivity index (χ4n) is 2.20. The summed E-state index contributed by atoms with van der Waals surface area (Å²) in [6.45, 7) is 5.27. The van der Waals surface area contributed by atoms with Crippen LogP contribution in [0.4, 0.5) is 0 Å². The zero-order valence-corrected chi connectivity index (χ0v) is 17.5. The van der Waals surface area contributed by atoms with Gasteiger partial charge in [0.05, 0.1) is 6.61 Å². The number of benzene rings is 2. The largest absolute Gasteiger partial charge is 0.494 e. The number of carbonyl (C=O) groups excluding carboxylic acids is 1. The van der Waals surface area contributed by atoms with Crippen LogP contribution in [0, 0.1) is 5.92 Å². The molecule has 0 saturated carbocycles. The predicted molar refractivity (Wildman–Crippen MR) is 115 cm³/mol. The lowest BCUT2D eigenvalue weighted by molar-refractivity contribution is 0.0976. The number of hydrogen-bond acceptors (Lipinski definition) is 3. The van der Waals surface area contributed by atoms with E-state index >= 15 is 0 Å². The summed E-state index contributed by atoms with van der Waals surface area (Å²) < 4.78 is 5.69. The second-order valence-corrected chi connectivity index (χ2v) is 7.68. The first-order chi connectivity index (χ1) is 12.8. The van der Waals surface area contributed by atoms with Crippen molar-refractivity contribution >= 4 is 46.4 Å². The zero-order chi connectivity index (χ0) is 19.8. The fraction of sp³-hybridized carbons (Fsp3) is 0.300. The molecule has 144 valence electrons. The summed E-state index contributed by atoms with van der Waals surface area (Å²) in [7, 11) is 0. The Hall–Kier alpha value is -1.82. The third kappa shape index (κ3) is 7.37. The number of carbonyl (C=O) groups is 1. The van der Waals surface area contributed by atoms with Crippen LogP contribution in [0.2, 0.25) is 10.0 Å². The van der Waals surface area contributed by atoms with Crippen molar-refractivity contribution in [3.8, 4) is 5.75 Å². The molecule has 7 heteroatoms. The molecule has 2 aromatic rings. The monoisotopic (exact) mass is 424 g/mol. The van der Waals surface area contributed by atoms with Crippen LogP contribution >= 0.6 is 35.4 Å². The molecule has 0 aliphatic carbocycles. The van der Waals surface area contributed by atoms with Crippen LogP contribution in [-0.2, 0) is 6.54 Å². The third-order valence-electron chi connectivity index (χ3n) is 3.74. The van der Waals surface area contributed by atoms with E-state index in [4.69, 9.17) is 40.2 Å². The van der Waals surface area contributed by atoms with Gasteiger partial charge in [0.15, 0.2) is 5.11 Å². The van der Waals surface area contributed by atoms with E-state index < -0.39 is 0 Å². The van der Waals surface area contributed by atoms with Crippen molar-refractivity contribution in [3.63, 3.8) is 0 Å². The molecule has 2 N–H and O–H groups in total. The second kappa shape index (κ2) is 10.5. The van der Waals surface area contributed by atoms with Gasteiger partial charge in [-0.3, -0.25) is 10.1 Å². The van der Waals surface area contributed by atoms with Gasteiger partial charge in [0, 0.05) is 22.2 Å². The zero-order valence-electron chi connectivity index (χ0n) is 15.2. The average Bonchev–Trinajstić information content (AvgIpc) is 2.61. The van der Waals surface area contributed by atoms with Gasteiger partial charge in [-0.25, -0.2) is 0 Å². The van der Waals surface area contributed by atoms with Crippen LogP contribution < -0.4 is 15.4 Å². The van der Waals surface area contributed by atoms with Gasteiger partial charge in [0.25, 0.3) is 5.91 Å². The maximum absolute atomic E-state index is 12.4. The summed E-state index contributed by atoms with van der Waals surface area (Å²) in [4.78, 5) is 12.4. The van der Waals surface area contributed by atoms with E-state index in [1.54, 1.807) is 36.4 Å². The number of hydrogen-bond donors (Lipinski definition) is 2. The molecule has 0 unspecified atom stereocenters. The van der Waals surface area contributed by atoms with Crippen molar-refractivity contribution < 1.29 is 9.53 Å². The van der Waals surface area contributed by atoms with E-state index in [-0.39, 0.29) is 11.0 Å². The Bertz CT molecular complexity index is 812. The van der Waals surface area contributed by atoms with Crippen LogP contribution in [0.25, 0.3) is 0 Å². The van der Waals surface area contributed by atoms with E-state index in [2.05, 4.69) is 24.5 Å². The van der Waals surface area contributed by atoms with Crippen LogP contribution in [0.15, 0.2) is 42.5 Å². The summed E-state index contributed by atoms with van der Waals surface area (Å²) in [5, 5.41) is 6.94. The average molecular weight is 425 g/mol. The molecule has 0 radical (unpaired) electrons. The van der Waals surface area contributed by atoms with E-state index in [9.17, 15) is 4.79 Å². The Kier molecular flexibility index (Phi) is 8.35. The van der Waals surface area contributed by atoms with Crippen LogP contribution in [-0.4, -0.2) is 17.6 Å². The van der Waals surface area contributed by atoms with Crippen LogP contribution in [0.5, 0.6) is 5.75 Å². The van der Waals surface area contributed by atoms with Crippen LogP contribution in [0.3, 0.4) is 0 Å². The third-order valence-corrected chi connectivity index (χ3v) is 4.58. The lowest BCUT2D eigenvalue weighted by Gasteiger charge is -2.12. The highest BCUT2D eigenvalue weighted by Gasteiger charge is 2.10. The molecule has 0 saturated heterocycles. The van der Waals surface area contributed by atoms with Gasteiger partial charge in [-0.05, 0) is 60.5 Å². The van der Waals surface area contributed by atoms with Gasteiger partial charge in [-0.1, -0.05) is 49.2 Å². The molecule has 0 aliphatic rings. The smallest absolute Gasteiger partial charge is 0.257 e. The Morgan fingerprint density at radius 3 is 2.67 bits per heavy atom. The Morgan fingerprint density at radius 2 is 1.96 bits per heavy atom. The molecule has 0 spiro atoms. The number of nitrogens with one attached hydrogen (secondary N) is 2. The van der Waals surface area contributed by atoms with Gasteiger partial charge in [0.2, 0.25) is 0 Å². The molecule has 0 aliphatic heterocycles. The molecular formula is C20H22Cl2N2O2S. The predicted octanol–water partition coefficient (Wildman–Crippen LogP) is 5.22. The summed E-state index contributed by atoms with van der Waals surface area (Å²) in [6.07, 6.45) is 0.956. The SMILES string of the molecule is CC(C)CCOc1cccc(C(=O)NC(=S)NCc2ccc(Cl)cc2Cl)c1. The lowest BCUT2D eigenvalue weighted by atomic mass is 10.1. The van der Waals surface area contributed by atoms with Crippen molar-refractivity contribution in [2.75, 3.05) is 6.61 Å². The van der Waals surface area contributed by atoms with Crippen molar-refractivity contribution in [1.29, 1.82) is 0 Å². The van der Waals surface area contributed by atoms with Crippen LogP contribution in [0.1, 0.15) is 36.2 Å². The topological polar surface area (TPSA) is 50.4 Å². The minimum atomic E-state index is -0.302. The van der Waals surface area contributed by atoms with E-state index in [1.165, 1.54) is 0 Å². The van der Waals surface area contributed by atoms with Gasteiger partial charge in [0.1, 0.15) is 5.75 Å². The number of ether oxygens (including phenoxy) is 1. The maximum atomic E-state index is 12.4. The Morgan fingerprint density at radius 1 is 1.19 bits per heavy atom. The van der Waals surface area contributed by atoms with Gasteiger partial charge in [-0.2, -0.15) is 0 Å². The normalized spacial score (nSPS) is 10.6. The molecular weight excluding hydrogens is 403 g/mol. The quantitative estimate of drug-likeness (QED) is 0.597. The highest BCUT2D eigenvalue weighted by atomic mass is 35.5. The highest BCUT2D eigenvalue weighted by Crippen LogP contribution is 2.20. The minimum absolute atomic E-state index is 0.220. The second-order valence-electron chi connectivity index (χ2n) is 6.43. The number of amides is 1. The van der Waals surface area contributed by atoms with E-state index in [1.807, 2.05) is 6.07 Å².